The molecule has 2 N–H and O–H groups in total. The van der Waals surface area contributed by atoms with Gasteiger partial charge in [0.05, 0.1) is 7.11 Å². The van der Waals surface area contributed by atoms with Gasteiger partial charge in [-0.25, -0.2) is 15.0 Å². The van der Waals surface area contributed by atoms with E-state index < -0.39 is 0 Å². The molecule has 0 aliphatic heterocycles. The Hall–Kier alpha value is -2.67. The maximum absolute atomic E-state index is 8.85. The number of aliphatic hydroxyl groups is 1. The van der Waals surface area contributed by atoms with Gasteiger partial charge < -0.3 is 15.2 Å². The zero-order chi connectivity index (χ0) is 15.4. The van der Waals surface area contributed by atoms with Crippen molar-refractivity contribution in [2.45, 2.75) is 6.42 Å². The van der Waals surface area contributed by atoms with Crippen molar-refractivity contribution in [2.24, 2.45) is 0 Å². The highest BCUT2D eigenvalue weighted by Crippen LogP contribution is 2.22. The van der Waals surface area contributed by atoms with Gasteiger partial charge in [-0.15, -0.1) is 0 Å². The van der Waals surface area contributed by atoms with Crippen molar-refractivity contribution in [2.75, 3.05) is 25.6 Å². The van der Waals surface area contributed by atoms with Crippen LogP contribution in [0.4, 0.5) is 5.82 Å². The van der Waals surface area contributed by atoms with Crippen molar-refractivity contribution >= 4 is 17.0 Å². The maximum atomic E-state index is 8.85. The zero-order valence-corrected chi connectivity index (χ0v) is 12.2. The number of rotatable bonds is 6. The SMILES string of the molecule is COc1ccc(-n2cnc3c(NCCCO)ncnc32)cc1. The minimum absolute atomic E-state index is 0.140. The van der Waals surface area contributed by atoms with Gasteiger partial charge in [0.25, 0.3) is 0 Å². The van der Waals surface area contributed by atoms with Crippen molar-refractivity contribution in [3.05, 3.63) is 36.9 Å². The smallest absolute Gasteiger partial charge is 0.170 e. The van der Waals surface area contributed by atoms with Gasteiger partial charge in [0.1, 0.15) is 18.4 Å². The van der Waals surface area contributed by atoms with E-state index in [4.69, 9.17) is 9.84 Å². The van der Waals surface area contributed by atoms with Crippen LogP contribution in [0.3, 0.4) is 0 Å². The molecule has 0 unspecified atom stereocenters. The summed E-state index contributed by atoms with van der Waals surface area (Å²) >= 11 is 0. The summed E-state index contributed by atoms with van der Waals surface area (Å²) in [4.78, 5) is 12.9. The lowest BCUT2D eigenvalue weighted by Gasteiger charge is -2.06. The van der Waals surface area contributed by atoms with Crippen LogP contribution in [0, 0.1) is 0 Å². The van der Waals surface area contributed by atoms with Gasteiger partial charge in [0, 0.05) is 18.8 Å². The Balaban J connectivity index is 1.95. The van der Waals surface area contributed by atoms with Gasteiger partial charge in [0.2, 0.25) is 0 Å². The molecule has 0 bridgehead atoms. The summed E-state index contributed by atoms with van der Waals surface area (Å²) < 4.78 is 7.06. The molecule has 0 amide bonds. The molecule has 2 heterocycles. The van der Waals surface area contributed by atoms with E-state index in [1.54, 1.807) is 13.4 Å². The predicted octanol–water partition coefficient (Wildman–Crippen LogP) is 1.62. The second-order valence-corrected chi connectivity index (χ2v) is 4.71. The van der Waals surface area contributed by atoms with Crippen LogP contribution in [-0.4, -0.2) is 44.9 Å². The average Bonchev–Trinajstić information content (AvgIpc) is 3.00. The summed E-state index contributed by atoms with van der Waals surface area (Å²) in [5.74, 6) is 1.47. The molecule has 22 heavy (non-hydrogen) atoms. The number of aliphatic hydroxyl groups excluding tert-OH is 1. The first kappa shape index (κ1) is 14.3. The van der Waals surface area contributed by atoms with Gasteiger partial charge in [-0.2, -0.15) is 0 Å². The second-order valence-electron chi connectivity index (χ2n) is 4.71. The quantitative estimate of drug-likeness (QED) is 0.673. The highest BCUT2D eigenvalue weighted by molar-refractivity contribution is 5.83. The summed E-state index contributed by atoms with van der Waals surface area (Å²) in [6, 6.07) is 7.67. The van der Waals surface area contributed by atoms with Crippen molar-refractivity contribution in [1.29, 1.82) is 0 Å². The standard InChI is InChI=1S/C15H17N5O2/c1-22-12-5-3-11(4-6-12)20-10-19-13-14(16-7-2-8-21)17-9-18-15(13)20/h3-6,9-10,21H,2,7-8H2,1H3,(H,16,17,18). The summed E-state index contributed by atoms with van der Waals surface area (Å²) in [5, 5.41) is 12.0. The Kier molecular flexibility index (Phi) is 4.15. The van der Waals surface area contributed by atoms with Crippen molar-refractivity contribution in [3.63, 3.8) is 0 Å². The number of nitrogens with zero attached hydrogens (tertiary/aromatic N) is 4. The van der Waals surface area contributed by atoms with Gasteiger partial charge in [0.15, 0.2) is 17.0 Å². The van der Waals surface area contributed by atoms with Crippen LogP contribution in [0.5, 0.6) is 5.75 Å². The van der Waals surface area contributed by atoms with E-state index in [0.29, 0.717) is 24.3 Å². The monoisotopic (exact) mass is 299 g/mol. The molecule has 1 aromatic carbocycles. The zero-order valence-electron chi connectivity index (χ0n) is 12.2. The molecule has 0 saturated heterocycles. The predicted molar refractivity (Wildman–Crippen MR) is 83.4 cm³/mol. The number of methoxy groups -OCH3 is 1. The lowest BCUT2D eigenvalue weighted by Crippen LogP contribution is -2.06. The number of nitrogens with one attached hydrogen (secondary N) is 1. The summed E-state index contributed by atoms with van der Waals surface area (Å²) in [6.07, 6.45) is 3.88. The molecule has 0 atom stereocenters. The first-order valence-corrected chi connectivity index (χ1v) is 7.00. The number of hydrogen-bond acceptors (Lipinski definition) is 6. The second kappa shape index (κ2) is 6.40. The van der Waals surface area contributed by atoms with E-state index in [0.717, 1.165) is 17.1 Å². The van der Waals surface area contributed by atoms with E-state index in [9.17, 15) is 0 Å². The van der Waals surface area contributed by atoms with E-state index in [1.165, 1.54) is 6.33 Å². The van der Waals surface area contributed by atoms with E-state index in [-0.39, 0.29) is 6.61 Å². The number of anilines is 1. The fourth-order valence-electron chi connectivity index (χ4n) is 2.18. The maximum Gasteiger partial charge on any atom is 0.170 e. The fourth-order valence-corrected chi connectivity index (χ4v) is 2.18. The molecule has 0 radical (unpaired) electrons. The molecule has 0 spiro atoms. The Morgan fingerprint density at radius 3 is 2.73 bits per heavy atom. The van der Waals surface area contributed by atoms with Gasteiger partial charge in [-0.05, 0) is 30.7 Å². The highest BCUT2D eigenvalue weighted by atomic mass is 16.5. The molecule has 114 valence electrons. The molecule has 0 fully saturated rings. The average molecular weight is 299 g/mol. The molecular formula is C15H17N5O2. The Labute approximate surface area is 127 Å². The normalized spacial score (nSPS) is 10.8. The number of hydrogen-bond donors (Lipinski definition) is 2. The van der Waals surface area contributed by atoms with Crippen LogP contribution in [0.1, 0.15) is 6.42 Å². The van der Waals surface area contributed by atoms with Crippen molar-refractivity contribution in [3.8, 4) is 11.4 Å². The largest absolute Gasteiger partial charge is 0.497 e. The molecule has 3 rings (SSSR count). The molecular weight excluding hydrogens is 282 g/mol. The molecule has 7 nitrogen and oxygen atoms in total. The fraction of sp³-hybridized carbons (Fsp3) is 0.267. The first-order chi connectivity index (χ1) is 10.8. The van der Waals surface area contributed by atoms with Crippen LogP contribution in [-0.2, 0) is 0 Å². The minimum atomic E-state index is 0.140. The number of imidazole rings is 1. The Morgan fingerprint density at radius 1 is 1.18 bits per heavy atom. The number of benzene rings is 1. The Bertz CT molecular complexity index is 754. The molecule has 0 aliphatic carbocycles. The van der Waals surface area contributed by atoms with Crippen LogP contribution in [0.2, 0.25) is 0 Å². The third-order valence-corrected chi connectivity index (χ3v) is 3.31. The van der Waals surface area contributed by atoms with E-state index >= 15 is 0 Å². The van der Waals surface area contributed by atoms with Crippen LogP contribution in [0.25, 0.3) is 16.9 Å². The van der Waals surface area contributed by atoms with Crippen LogP contribution in [0.15, 0.2) is 36.9 Å². The van der Waals surface area contributed by atoms with Crippen molar-refractivity contribution < 1.29 is 9.84 Å². The third-order valence-electron chi connectivity index (χ3n) is 3.31. The molecule has 0 saturated carbocycles. The molecule has 2 aromatic heterocycles. The number of fused-ring (bicyclic) bond motifs is 1. The lowest BCUT2D eigenvalue weighted by molar-refractivity contribution is 0.292. The highest BCUT2D eigenvalue weighted by Gasteiger charge is 2.10. The molecule has 7 heteroatoms. The first-order valence-electron chi connectivity index (χ1n) is 7.00. The van der Waals surface area contributed by atoms with E-state index in [1.807, 2.05) is 28.8 Å². The number of ether oxygens (including phenoxy) is 1. The van der Waals surface area contributed by atoms with Gasteiger partial charge >= 0.3 is 0 Å². The Morgan fingerprint density at radius 2 is 2.00 bits per heavy atom. The summed E-state index contributed by atoms with van der Waals surface area (Å²) in [6.45, 7) is 0.777. The van der Waals surface area contributed by atoms with E-state index in [2.05, 4.69) is 20.3 Å². The van der Waals surface area contributed by atoms with Gasteiger partial charge in [-0.1, -0.05) is 0 Å². The molecule has 0 aliphatic rings. The topological polar surface area (TPSA) is 85.1 Å². The number of aromatic nitrogens is 4. The van der Waals surface area contributed by atoms with Gasteiger partial charge in [-0.3, -0.25) is 4.57 Å². The van der Waals surface area contributed by atoms with Crippen LogP contribution >= 0.6 is 0 Å². The van der Waals surface area contributed by atoms with Crippen molar-refractivity contribution in [1.82, 2.24) is 19.5 Å². The minimum Gasteiger partial charge on any atom is -0.497 e. The van der Waals surface area contributed by atoms with Crippen LogP contribution < -0.4 is 10.1 Å². The summed E-state index contributed by atoms with van der Waals surface area (Å²) in [7, 11) is 1.64. The third kappa shape index (κ3) is 2.71. The summed E-state index contributed by atoms with van der Waals surface area (Å²) in [5.41, 5.74) is 2.38. The lowest BCUT2D eigenvalue weighted by atomic mass is 10.3. The molecule has 3 aromatic rings.